The molecular formula is C28H34ClN5O4. The highest BCUT2D eigenvalue weighted by Gasteiger charge is 2.11. The molecule has 2 aromatic carbocycles. The van der Waals surface area contributed by atoms with Gasteiger partial charge in [-0.1, -0.05) is 36.6 Å². The van der Waals surface area contributed by atoms with Gasteiger partial charge in [-0.05, 0) is 61.7 Å². The number of carbonyl (C=O) groups excluding carboxylic acids is 2. The van der Waals surface area contributed by atoms with Crippen LogP contribution in [0.25, 0.3) is 0 Å². The maximum absolute atomic E-state index is 12.4. The van der Waals surface area contributed by atoms with Crippen molar-refractivity contribution in [3.8, 4) is 17.2 Å². The first-order chi connectivity index (χ1) is 18.4. The van der Waals surface area contributed by atoms with E-state index in [4.69, 9.17) is 26.8 Å². The summed E-state index contributed by atoms with van der Waals surface area (Å²) in [5, 5.41) is 9.04. The number of rotatable bonds is 13. The van der Waals surface area contributed by atoms with Crippen LogP contribution in [0, 0.1) is 6.92 Å². The van der Waals surface area contributed by atoms with Crippen molar-refractivity contribution < 1.29 is 19.1 Å². The lowest BCUT2D eigenvalue weighted by Gasteiger charge is -2.13. The van der Waals surface area contributed by atoms with Crippen LogP contribution >= 0.6 is 11.6 Å². The van der Waals surface area contributed by atoms with Gasteiger partial charge in [0.05, 0.1) is 12.8 Å². The van der Waals surface area contributed by atoms with Crippen LogP contribution in [0.3, 0.4) is 0 Å². The Hall–Kier alpha value is -3.82. The fraction of sp³-hybridized carbons (Fsp3) is 0.321. The molecule has 0 saturated heterocycles. The minimum atomic E-state index is -0.372. The first-order valence-corrected chi connectivity index (χ1v) is 12.9. The van der Waals surface area contributed by atoms with Crippen LogP contribution in [0.4, 0.5) is 10.5 Å². The fourth-order valence-corrected chi connectivity index (χ4v) is 3.76. The molecule has 3 amide bonds. The normalized spacial score (nSPS) is 10.5. The molecule has 0 aliphatic carbocycles. The van der Waals surface area contributed by atoms with Gasteiger partial charge < -0.3 is 31.2 Å². The summed E-state index contributed by atoms with van der Waals surface area (Å²) in [6, 6.07) is 13.6. The second kappa shape index (κ2) is 14.8. The number of halogens is 1. The van der Waals surface area contributed by atoms with Crippen molar-refractivity contribution in [1.29, 1.82) is 0 Å². The maximum atomic E-state index is 12.4. The Bertz CT molecular complexity index is 1220. The number of aromatic nitrogens is 1. The minimum Gasteiger partial charge on any atom is -0.495 e. The molecule has 0 spiro atoms. The molecule has 38 heavy (non-hydrogen) atoms. The van der Waals surface area contributed by atoms with Crippen molar-refractivity contribution in [2.24, 2.45) is 5.73 Å². The van der Waals surface area contributed by atoms with Gasteiger partial charge in [0.1, 0.15) is 22.9 Å². The average Bonchev–Trinajstić information content (AvgIpc) is 2.92. The highest BCUT2D eigenvalue weighted by Crippen LogP contribution is 2.31. The lowest BCUT2D eigenvalue weighted by molar-refractivity contribution is 0.0947. The monoisotopic (exact) mass is 539 g/mol. The number of aryl methyl sites for hydroxylation is 1. The number of urea groups is 1. The Kier molecular flexibility index (Phi) is 11.2. The lowest BCUT2D eigenvalue weighted by atomic mass is 10.2. The predicted molar refractivity (Wildman–Crippen MR) is 149 cm³/mol. The van der Waals surface area contributed by atoms with Gasteiger partial charge in [-0.15, -0.1) is 0 Å². The van der Waals surface area contributed by atoms with E-state index in [-0.39, 0.29) is 11.9 Å². The number of methoxy groups -OCH3 is 1. The van der Waals surface area contributed by atoms with Gasteiger partial charge in [0.2, 0.25) is 0 Å². The smallest absolute Gasteiger partial charge is 0.319 e. The van der Waals surface area contributed by atoms with Crippen LogP contribution in [0.15, 0.2) is 54.7 Å². The topological polar surface area (TPSA) is 128 Å². The SMILES string of the molecule is COc1cc(Cl)c(C)cc1NC(=O)NCc1ccc(Oc2ccnc(C(=O)NCCCCCCN)c2)cc1. The average molecular weight is 540 g/mol. The van der Waals surface area contributed by atoms with E-state index >= 15 is 0 Å². The van der Waals surface area contributed by atoms with E-state index in [2.05, 4.69) is 20.9 Å². The molecule has 0 unspecified atom stereocenters. The molecule has 1 aromatic heterocycles. The summed E-state index contributed by atoms with van der Waals surface area (Å²) in [4.78, 5) is 28.9. The third-order valence-corrected chi connectivity index (χ3v) is 6.13. The van der Waals surface area contributed by atoms with Gasteiger partial charge in [-0.25, -0.2) is 4.79 Å². The van der Waals surface area contributed by atoms with Crippen molar-refractivity contribution in [3.05, 3.63) is 76.6 Å². The zero-order valence-corrected chi connectivity index (χ0v) is 22.4. The van der Waals surface area contributed by atoms with Crippen LogP contribution in [-0.2, 0) is 6.54 Å². The van der Waals surface area contributed by atoms with E-state index in [0.29, 0.717) is 53.3 Å². The van der Waals surface area contributed by atoms with Crippen LogP contribution in [0.5, 0.6) is 17.2 Å². The molecule has 0 saturated carbocycles. The third kappa shape index (κ3) is 8.93. The van der Waals surface area contributed by atoms with E-state index in [0.717, 1.165) is 36.8 Å². The molecule has 0 bridgehead atoms. The standard InChI is InChI=1S/C28H34ClN5O4/c1-19-15-24(26(37-2)17-23(19)29)34-28(36)33-18-20-7-9-21(10-8-20)38-22-11-14-31-25(16-22)27(35)32-13-6-4-3-5-12-30/h7-11,14-17H,3-6,12-13,18,30H2,1-2H3,(H,32,35)(H2,33,34,36). The van der Waals surface area contributed by atoms with E-state index < -0.39 is 0 Å². The number of pyridine rings is 1. The second-order valence-corrected chi connectivity index (χ2v) is 9.10. The number of benzene rings is 2. The van der Waals surface area contributed by atoms with Gasteiger partial charge in [0.15, 0.2) is 0 Å². The van der Waals surface area contributed by atoms with E-state index in [1.165, 1.54) is 7.11 Å². The fourth-order valence-electron chi connectivity index (χ4n) is 3.60. The molecule has 3 aromatic rings. The molecule has 0 atom stereocenters. The highest BCUT2D eigenvalue weighted by molar-refractivity contribution is 6.31. The van der Waals surface area contributed by atoms with E-state index in [1.807, 2.05) is 19.1 Å². The molecule has 5 N–H and O–H groups in total. The summed E-state index contributed by atoms with van der Waals surface area (Å²) >= 11 is 6.12. The summed E-state index contributed by atoms with van der Waals surface area (Å²) in [5.41, 5.74) is 8.03. The Morgan fingerprint density at radius 3 is 2.47 bits per heavy atom. The summed E-state index contributed by atoms with van der Waals surface area (Å²) in [6.45, 7) is 3.45. The van der Waals surface area contributed by atoms with Crippen molar-refractivity contribution in [3.63, 3.8) is 0 Å². The number of unbranched alkanes of at least 4 members (excludes halogenated alkanes) is 3. The molecule has 0 aliphatic heterocycles. The highest BCUT2D eigenvalue weighted by atomic mass is 35.5. The van der Waals surface area contributed by atoms with Gasteiger partial charge in [-0.3, -0.25) is 9.78 Å². The van der Waals surface area contributed by atoms with E-state index in [1.54, 1.807) is 42.6 Å². The quantitative estimate of drug-likeness (QED) is 0.215. The number of carbonyl (C=O) groups is 2. The molecule has 0 radical (unpaired) electrons. The van der Waals surface area contributed by atoms with Crippen molar-refractivity contribution in [2.45, 2.75) is 39.2 Å². The Balaban J connectivity index is 1.48. The molecule has 202 valence electrons. The first kappa shape index (κ1) is 28.7. The number of nitrogens with two attached hydrogens (primary N) is 1. The summed E-state index contributed by atoms with van der Waals surface area (Å²) in [6.07, 6.45) is 5.54. The van der Waals surface area contributed by atoms with Crippen molar-refractivity contribution in [1.82, 2.24) is 15.6 Å². The number of nitrogens with one attached hydrogen (secondary N) is 3. The number of nitrogens with zero attached hydrogens (tertiary/aromatic N) is 1. The largest absolute Gasteiger partial charge is 0.495 e. The number of hydrogen-bond acceptors (Lipinski definition) is 6. The minimum absolute atomic E-state index is 0.236. The van der Waals surface area contributed by atoms with Crippen LogP contribution in [-0.4, -0.2) is 37.1 Å². The molecule has 10 heteroatoms. The molecule has 0 aliphatic rings. The third-order valence-electron chi connectivity index (χ3n) is 5.72. The van der Waals surface area contributed by atoms with Gasteiger partial charge in [-0.2, -0.15) is 0 Å². The molecule has 3 rings (SSSR count). The Morgan fingerprint density at radius 2 is 1.74 bits per heavy atom. The van der Waals surface area contributed by atoms with Crippen LogP contribution < -0.4 is 31.2 Å². The Labute approximate surface area is 228 Å². The second-order valence-electron chi connectivity index (χ2n) is 8.69. The summed E-state index contributed by atoms with van der Waals surface area (Å²) in [7, 11) is 1.52. The molecular weight excluding hydrogens is 506 g/mol. The lowest BCUT2D eigenvalue weighted by Crippen LogP contribution is -2.28. The maximum Gasteiger partial charge on any atom is 0.319 e. The van der Waals surface area contributed by atoms with Crippen LogP contribution in [0.2, 0.25) is 5.02 Å². The van der Waals surface area contributed by atoms with Gasteiger partial charge in [0.25, 0.3) is 5.91 Å². The van der Waals surface area contributed by atoms with Crippen LogP contribution in [0.1, 0.15) is 47.3 Å². The molecule has 0 fully saturated rings. The van der Waals surface area contributed by atoms with E-state index in [9.17, 15) is 9.59 Å². The number of hydrogen-bond donors (Lipinski definition) is 4. The summed E-state index contributed by atoms with van der Waals surface area (Å²) in [5.74, 6) is 1.34. The summed E-state index contributed by atoms with van der Waals surface area (Å²) < 4.78 is 11.2. The first-order valence-electron chi connectivity index (χ1n) is 12.5. The van der Waals surface area contributed by atoms with Gasteiger partial charge >= 0.3 is 6.03 Å². The van der Waals surface area contributed by atoms with Crippen molar-refractivity contribution >= 4 is 29.2 Å². The molecule has 1 heterocycles. The molecule has 9 nitrogen and oxygen atoms in total. The zero-order valence-electron chi connectivity index (χ0n) is 21.7. The van der Waals surface area contributed by atoms with Gasteiger partial charge in [0, 0.05) is 36.4 Å². The number of ether oxygens (including phenoxy) is 2. The number of amides is 3. The Morgan fingerprint density at radius 1 is 0.974 bits per heavy atom. The number of anilines is 1. The zero-order chi connectivity index (χ0) is 27.3. The van der Waals surface area contributed by atoms with Crippen molar-refractivity contribution in [2.75, 3.05) is 25.5 Å². The predicted octanol–water partition coefficient (Wildman–Crippen LogP) is 5.41.